The number of hydrogen-bond donors (Lipinski definition) is 1. The molecule has 1 aliphatic carbocycles. The van der Waals surface area contributed by atoms with Crippen molar-refractivity contribution in [1.29, 1.82) is 0 Å². The minimum absolute atomic E-state index is 0.609. The van der Waals surface area contributed by atoms with E-state index in [0.717, 1.165) is 11.8 Å². The zero-order chi connectivity index (χ0) is 9.31. The van der Waals surface area contributed by atoms with Crippen LogP contribution in [0.4, 0.5) is 0 Å². The summed E-state index contributed by atoms with van der Waals surface area (Å²) in [6.07, 6.45) is 7.29. The molecule has 2 aliphatic heterocycles. The molecule has 2 saturated heterocycles. The molecule has 2 atom stereocenters. The van der Waals surface area contributed by atoms with Gasteiger partial charge in [-0.05, 0) is 56.0 Å². The van der Waals surface area contributed by atoms with Crippen LogP contribution in [0, 0.1) is 17.3 Å². The Morgan fingerprint density at radius 2 is 1.54 bits per heavy atom. The van der Waals surface area contributed by atoms with Gasteiger partial charge in [0.25, 0.3) is 0 Å². The summed E-state index contributed by atoms with van der Waals surface area (Å²) in [6.45, 7) is 7.48. The molecule has 0 aromatic heterocycles. The highest BCUT2D eigenvalue weighted by Gasteiger charge is 2.31. The van der Waals surface area contributed by atoms with Gasteiger partial charge in [0, 0.05) is 0 Å². The Hall–Kier alpha value is -0.0400. The molecule has 2 bridgehead atoms. The maximum Gasteiger partial charge on any atom is -0.00202 e. The van der Waals surface area contributed by atoms with Crippen LogP contribution in [0.2, 0.25) is 0 Å². The number of hydrogen-bond acceptors (Lipinski definition) is 1. The third kappa shape index (κ3) is 2.46. The summed E-state index contributed by atoms with van der Waals surface area (Å²) in [5.41, 5.74) is 0.609. The van der Waals surface area contributed by atoms with Gasteiger partial charge in [-0.1, -0.05) is 20.3 Å². The second-order valence-corrected chi connectivity index (χ2v) is 5.89. The topological polar surface area (TPSA) is 12.0 Å². The van der Waals surface area contributed by atoms with Gasteiger partial charge in [-0.3, -0.25) is 0 Å². The van der Waals surface area contributed by atoms with E-state index in [-0.39, 0.29) is 0 Å². The third-order valence-corrected chi connectivity index (χ3v) is 3.77. The van der Waals surface area contributed by atoms with Crippen molar-refractivity contribution in [3.8, 4) is 0 Å². The van der Waals surface area contributed by atoms with Gasteiger partial charge in [-0.25, -0.2) is 0 Å². The molecular formula is C12H23N. The van der Waals surface area contributed by atoms with Crippen molar-refractivity contribution in [3.63, 3.8) is 0 Å². The van der Waals surface area contributed by atoms with Crippen LogP contribution in [0.15, 0.2) is 0 Å². The van der Waals surface area contributed by atoms with E-state index >= 15 is 0 Å². The van der Waals surface area contributed by atoms with Crippen molar-refractivity contribution in [2.24, 2.45) is 17.3 Å². The average Bonchev–Trinajstić information content (AvgIpc) is 1.93. The summed E-state index contributed by atoms with van der Waals surface area (Å²) >= 11 is 0. The van der Waals surface area contributed by atoms with Crippen LogP contribution in [0.1, 0.15) is 46.0 Å². The molecular weight excluding hydrogens is 158 g/mol. The Balaban J connectivity index is 2.09. The first-order valence-electron chi connectivity index (χ1n) is 5.86. The van der Waals surface area contributed by atoms with Crippen molar-refractivity contribution in [3.05, 3.63) is 0 Å². The third-order valence-electron chi connectivity index (χ3n) is 3.77. The lowest BCUT2D eigenvalue weighted by atomic mass is 9.70. The van der Waals surface area contributed by atoms with Gasteiger partial charge in [-0.2, -0.15) is 0 Å². The molecule has 0 aromatic rings. The maximum atomic E-state index is 3.63. The summed E-state index contributed by atoms with van der Waals surface area (Å²) in [7, 11) is 0. The van der Waals surface area contributed by atoms with Crippen molar-refractivity contribution < 1.29 is 0 Å². The largest absolute Gasteiger partial charge is 0.316 e. The molecule has 0 radical (unpaired) electrons. The molecule has 2 heterocycles. The van der Waals surface area contributed by atoms with Gasteiger partial charge >= 0.3 is 0 Å². The lowest BCUT2D eigenvalue weighted by Gasteiger charge is -2.39. The fourth-order valence-corrected chi connectivity index (χ4v) is 3.39. The molecule has 3 aliphatic rings. The predicted molar refractivity (Wildman–Crippen MR) is 56.7 cm³/mol. The van der Waals surface area contributed by atoms with Crippen molar-refractivity contribution in [1.82, 2.24) is 5.32 Å². The number of fused-ring (bicyclic) bond motifs is 6. The molecule has 1 heteroatoms. The summed E-state index contributed by atoms with van der Waals surface area (Å²) in [5.74, 6) is 1.91. The van der Waals surface area contributed by atoms with Gasteiger partial charge in [0.2, 0.25) is 0 Å². The molecule has 3 rings (SSSR count). The molecule has 76 valence electrons. The van der Waals surface area contributed by atoms with Crippen LogP contribution >= 0.6 is 0 Å². The van der Waals surface area contributed by atoms with Gasteiger partial charge in [-0.15, -0.1) is 0 Å². The first-order chi connectivity index (χ1) is 6.16. The van der Waals surface area contributed by atoms with Crippen LogP contribution in [-0.2, 0) is 0 Å². The SMILES string of the molecule is CC1(C)CC2CCCC(CNC2)C1. The fraction of sp³-hybridized carbons (Fsp3) is 1.00. The monoisotopic (exact) mass is 181 g/mol. The lowest BCUT2D eigenvalue weighted by molar-refractivity contribution is 0.141. The molecule has 3 fully saturated rings. The van der Waals surface area contributed by atoms with Gasteiger partial charge in [0.05, 0.1) is 0 Å². The second-order valence-electron chi connectivity index (χ2n) is 5.89. The van der Waals surface area contributed by atoms with E-state index in [1.165, 1.54) is 45.2 Å². The Morgan fingerprint density at radius 3 is 2.08 bits per heavy atom. The van der Waals surface area contributed by atoms with E-state index in [1.807, 2.05) is 0 Å². The zero-order valence-electron chi connectivity index (χ0n) is 9.10. The van der Waals surface area contributed by atoms with Gasteiger partial charge in [0.15, 0.2) is 0 Å². The van der Waals surface area contributed by atoms with Crippen LogP contribution in [0.3, 0.4) is 0 Å². The van der Waals surface area contributed by atoms with E-state index in [4.69, 9.17) is 0 Å². The highest BCUT2D eigenvalue weighted by Crippen LogP contribution is 2.39. The Kier molecular flexibility index (Phi) is 2.64. The van der Waals surface area contributed by atoms with E-state index in [1.54, 1.807) is 0 Å². The molecule has 1 nitrogen and oxygen atoms in total. The Bertz CT molecular complexity index is 148. The van der Waals surface area contributed by atoms with Crippen LogP contribution in [-0.4, -0.2) is 13.1 Å². The lowest BCUT2D eigenvalue weighted by Crippen LogP contribution is -2.38. The number of rotatable bonds is 0. The fourth-order valence-electron chi connectivity index (χ4n) is 3.39. The Labute approximate surface area is 82.3 Å². The van der Waals surface area contributed by atoms with E-state index in [0.29, 0.717) is 5.41 Å². The quantitative estimate of drug-likeness (QED) is 0.606. The Morgan fingerprint density at radius 1 is 1.00 bits per heavy atom. The summed E-state index contributed by atoms with van der Waals surface area (Å²) in [4.78, 5) is 0. The van der Waals surface area contributed by atoms with Crippen LogP contribution in [0.5, 0.6) is 0 Å². The molecule has 1 saturated carbocycles. The molecule has 0 amide bonds. The minimum Gasteiger partial charge on any atom is -0.316 e. The molecule has 0 aromatic carbocycles. The number of nitrogens with one attached hydrogen (secondary N) is 1. The molecule has 13 heavy (non-hydrogen) atoms. The minimum atomic E-state index is 0.609. The van der Waals surface area contributed by atoms with Crippen molar-refractivity contribution in [2.75, 3.05) is 13.1 Å². The van der Waals surface area contributed by atoms with Gasteiger partial charge < -0.3 is 5.32 Å². The molecule has 1 N–H and O–H groups in total. The van der Waals surface area contributed by atoms with E-state index in [9.17, 15) is 0 Å². The first kappa shape index (κ1) is 9.51. The predicted octanol–water partition coefficient (Wildman–Crippen LogP) is 2.81. The van der Waals surface area contributed by atoms with E-state index in [2.05, 4.69) is 19.2 Å². The highest BCUT2D eigenvalue weighted by molar-refractivity contribution is 4.84. The smallest absolute Gasteiger partial charge is 0.00202 e. The summed E-state index contributed by atoms with van der Waals surface area (Å²) in [5, 5.41) is 3.63. The molecule has 2 unspecified atom stereocenters. The van der Waals surface area contributed by atoms with Gasteiger partial charge in [0.1, 0.15) is 0 Å². The standard InChI is InChI=1S/C12H23N/c1-12(2)6-10-4-3-5-11(7-12)9-13-8-10/h10-11,13H,3-9H2,1-2H3. The van der Waals surface area contributed by atoms with Crippen molar-refractivity contribution in [2.45, 2.75) is 46.0 Å². The average molecular weight is 181 g/mol. The zero-order valence-corrected chi connectivity index (χ0v) is 9.10. The van der Waals surface area contributed by atoms with Crippen LogP contribution in [0.25, 0.3) is 0 Å². The van der Waals surface area contributed by atoms with Crippen molar-refractivity contribution >= 4 is 0 Å². The summed E-state index contributed by atoms with van der Waals surface area (Å²) < 4.78 is 0. The second kappa shape index (κ2) is 3.61. The summed E-state index contributed by atoms with van der Waals surface area (Å²) in [6, 6.07) is 0. The maximum absolute atomic E-state index is 3.63. The van der Waals surface area contributed by atoms with E-state index < -0.39 is 0 Å². The highest BCUT2D eigenvalue weighted by atomic mass is 14.9. The first-order valence-corrected chi connectivity index (χ1v) is 5.86. The molecule has 0 spiro atoms. The normalized spacial score (nSPS) is 39.2. The van der Waals surface area contributed by atoms with Crippen LogP contribution < -0.4 is 5.32 Å².